The molecule has 1 atom stereocenters. The number of nitrogens with one attached hydrogen (secondary N) is 2. The smallest absolute Gasteiger partial charge is 0.387 e. The van der Waals surface area contributed by atoms with Gasteiger partial charge in [-0.25, -0.2) is 0 Å². The van der Waals surface area contributed by atoms with Crippen LogP contribution in [0.15, 0.2) is 41.8 Å². The lowest BCUT2D eigenvalue weighted by Crippen LogP contribution is -2.31. The number of benzene rings is 1. The van der Waals surface area contributed by atoms with Crippen molar-refractivity contribution in [2.75, 3.05) is 11.9 Å². The number of halogens is 2. The molecule has 4 nitrogen and oxygen atoms in total. The van der Waals surface area contributed by atoms with E-state index < -0.39 is 6.61 Å². The third kappa shape index (κ3) is 4.70. The van der Waals surface area contributed by atoms with Gasteiger partial charge in [-0.15, -0.1) is 11.3 Å². The van der Waals surface area contributed by atoms with E-state index in [4.69, 9.17) is 0 Å². The molecule has 0 saturated carbocycles. The van der Waals surface area contributed by atoms with Crippen molar-refractivity contribution in [3.05, 3.63) is 46.7 Å². The Kier molecular flexibility index (Phi) is 5.71. The first-order valence-electron chi connectivity index (χ1n) is 6.66. The number of carbonyl (C=O) groups excluding carboxylic acids is 1. The molecule has 0 saturated heterocycles. The second-order valence-electron chi connectivity index (χ2n) is 4.53. The van der Waals surface area contributed by atoms with E-state index >= 15 is 0 Å². The maximum atomic E-state index is 12.3. The number of hydrogen-bond acceptors (Lipinski definition) is 4. The highest BCUT2D eigenvalue weighted by molar-refractivity contribution is 7.10. The molecule has 22 heavy (non-hydrogen) atoms. The molecule has 1 aromatic heterocycles. The van der Waals surface area contributed by atoms with Gasteiger partial charge >= 0.3 is 6.61 Å². The van der Waals surface area contributed by atoms with Gasteiger partial charge in [-0.2, -0.15) is 8.78 Å². The highest BCUT2D eigenvalue weighted by atomic mass is 32.1. The summed E-state index contributed by atoms with van der Waals surface area (Å²) in [6, 6.07) is 10.0. The number of amides is 1. The molecular formula is C15H16F2N2O2S. The largest absolute Gasteiger partial charge is 0.433 e. The molecular weight excluding hydrogens is 310 g/mol. The van der Waals surface area contributed by atoms with E-state index in [2.05, 4.69) is 15.4 Å². The molecule has 0 bridgehead atoms. The lowest BCUT2D eigenvalue weighted by Gasteiger charge is -2.15. The van der Waals surface area contributed by atoms with E-state index in [-0.39, 0.29) is 24.2 Å². The Morgan fingerprint density at radius 1 is 1.27 bits per heavy atom. The molecule has 0 aliphatic heterocycles. The molecule has 118 valence electrons. The highest BCUT2D eigenvalue weighted by Gasteiger charge is 2.12. The summed E-state index contributed by atoms with van der Waals surface area (Å²) in [5.74, 6) is -0.218. The zero-order valence-corrected chi connectivity index (χ0v) is 12.7. The summed E-state index contributed by atoms with van der Waals surface area (Å²) in [7, 11) is 0. The van der Waals surface area contributed by atoms with E-state index in [9.17, 15) is 13.6 Å². The summed E-state index contributed by atoms with van der Waals surface area (Å²) >= 11 is 1.56. The average Bonchev–Trinajstić information content (AvgIpc) is 3.00. The van der Waals surface area contributed by atoms with Crippen LogP contribution in [0.2, 0.25) is 0 Å². The van der Waals surface area contributed by atoms with Crippen LogP contribution in [0.1, 0.15) is 17.8 Å². The summed E-state index contributed by atoms with van der Waals surface area (Å²) < 4.78 is 29.0. The second-order valence-corrected chi connectivity index (χ2v) is 5.51. The molecule has 0 aliphatic rings. The zero-order valence-electron chi connectivity index (χ0n) is 11.9. The van der Waals surface area contributed by atoms with Crippen LogP contribution >= 0.6 is 11.3 Å². The SMILES string of the molecule is C[C@@H](NC(=O)CNc1ccccc1OC(F)F)c1cccs1. The van der Waals surface area contributed by atoms with E-state index in [0.29, 0.717) is 5.69 Å². The van der Waals surface area contributed by atoms with Crippen molar-refractivity contribution in [1.82, 2.24) is 5.32 Å². The number of alkyl halides is 2. The van der Waals surface area contributed by atoms with Gasteiger partial charge in [0.1, 0.15) is 5.75 Å². The predicted molar refractivity (Wildman–Crippen MR) is 82.4 cm³/mol. The Hall–Kier alpha value is -2.15. The van der Waals surface area contributed by atoms with Crippen molar-refractivity contribution in [3.8, 4) is 5.75 Å². The van der Waals surface area contributed by atoms with Crippen LogP contribution in [-0.2, 0) is 4.79 Å². The number of rotatable bonds is 7. The summed E-state index contributed by atoms with van der Waals surface area (Å²) in [4.78, 5) is 12.9. The van der Waals surface area contributed by atoms with Crippen LogP contribution in [0.3, 0.4) is 0 Å². The van der Waals surface area contributed by atoms with Gasteiger partial charge in [0, 0.05) is 4.88 Å². The summed E-state index contributed by atoms with van der Waals surface area (Å²) in [6.45, 7) is -1.05. The van der Waals surface area contributed by atoms with Gasteiger partial charge < -0.3 is 15.4 Å². The lowest BCUT2D eigenvalue weighted by atomic mass is 10.2. The van der Waals surface area contributed by atoms with Crippen LogP contribution < -0.4 is 15.4 Å². The number of carbonyl (C=O) groups is 1. The Balaban J connectivity index is 1.88. The van der Waals surface area contributed by atoms with Gasteiger partial charge in [-0.1, -0.05) is 18.2 Å². The first kappa shape index (κ1) is 16.2. The third-order valence-electron chi connectivity index (χ3n) is 2.89. The first-order valence-corrected chi connectivity index (χ1v) is 7.54. The minimum absolute atomic E-state index is 0.0107. The van der Waals surface area contributed by atoms with Gasteiger partial charge in [0.2, 0.25) is 5.91 Å². The van der Waals surface area contributed by atoms with Gasteiger partial charge in [-0.3, -0.25) is 4.79 Å². The third-order valence-corrected chi connectivity index (χ3v) is 3.94. The Labute approximate surface area is 131 Å². The summed E-state index contributed by atoms with van der Waals surface area (Å²) in [5, 5.41) is 7.57. The van der Waals surface area contributed by atoms with Crippen LogP contribution in [0.5, 0.6) is 5.75 Å². The van der Waals surface area contributed by atoms with Gasteiger partial charge in [0.05, 0.1) is 18.3 Å². The number of para-hydroxylation sites is 2. The van der Waals surface area contributed by atoms with Crippen molar-refractivity contribution in [3.63, 3.8) is 0 Å². The van der Waals surface area contributed by atoms with Crippen molar-refractivity contribution in [2.45, 2.75) is 19.6 Å². The van der Waals surface area contributed by atoms with Crippen LogP contribution in [0.4, 0.5) is 14.5 Å². The normalized spacial score (nSPS) is 12.0. The van der Waals surface area contributed by atoms with Crippen LogP contribution in [-0.4, -0.2) is 19.1 Å². The van der Waals surface area contributed by atoms with E-state index in [1.165, 1.54) is 6.07 Å². The Bertz CT molecular complexity index is 605. The maximum Gasteiger partial charge on any atom is 0.387 e. The highest BCUT2D eigenvalue weighted by Crippen LogP contribution is 2.25. The Morgan fingerprint density at radius 2 is 2.05 bits per heavy atom. The molecule has 2 rings (SSSR count). The summed E-state index contributed by atoms with van der Waals surface area (Å²) in [6.07, 6.45) is 0. The molecule has 1 amide bonds. The molecule has 0 unspecified atom stereocenters. The van der Waals surface area contributed by atoms with Gasteiger partial charge in [0.25, 0.3) is 0 Å². The predicted octanol–water partition coefficient (Wildman–Crippen LogP) is 3.64. The fourth-order valence-electron chi connectivity index (χ4n) is 1.89. The van der Waals surface area contributed by atoms with Crippen molar-refractivity contribution in [1.29, 1.82) is 0 Å². The Morgan fingerprint density at radius 3 is 2.73 bits per heavy atom. The fraction of sp³-hybridized carbons (Fsp3) is 0.267. The van der Waals surface area contributed by atoms with Gasteiger partial charge in [0.15, 0.2) is 0 Å². The molecule has 1 aromatic carbocycles. The van der Waals surface area contributed by atoms with Crippen molar-refractivity contribution in [2.24, 2.45) is 0 Å². The molecule has 7 heteroatoms. The molecule has 0 radical (unpaired) electrons. The quantitative estimate of drug-likeness (QED) is 0.817. The van der Waals surface area contributed by atoms with E-state index in [0.717, 1.165) is 4.88 Å². The number of anilines is 1. The number of thiophene rings is 1. The van der Waals surface area contributed by atoms with Crippen molar-refractivity contribution >= 4 is 22.9 Å². The minimum atomic E-state index is -2.91. The standard InChI is InChI=1S/C15H16F2N2O2S/c1-10(13-7-4-8-22-13)19-14(20)9-18-11-5-2-3-6-12(11)21-15(16)17/h2-8,10,15,18H,9H2,1H3,(H,19,20)/t10-/m1/s1. The van der Waals surface area contributed by atoms with Crippen LogP contribution in [0, 0.1) is 0 Å². The molecule has 2 aromatic rings. The molecule has 0 fully saturated rings. The van der Waals surface area contributed by atoms with Crippen LogP contribution in [0.25, 0.3) is 0 Å². The first-order chi connectivity index (χ1) is 10.6. The lowest BCUT2D eigenvalue weighted by molar-refractivity contribution is -0.120. The fourth-order valence-corrected chi connectivity index (χ4v) is 2.62. The monoisotopic (exact) mass is 326 g/mol. The minimum Gasteiger partial charge on any atom is -0.433 e. The van der Waals surface area contributed by atoms with Crippen molar-refractivity contribution < 1.29 is 18.3 Å². The molecule has 0 spiro atoms. The topological polar surface area (TPSA) is 50.4 Å². The van der Waals surface area contributed by atoms with E-state index in [1.807, 2.05) is 24.4 Å². The number of ether oxygens (including phenoxy) is 1. The zero-order chi connectivity index (χ0) is 15.9. The second kappa shape index (κ2) is 7.74. The number of hydrogen-bond donors (Lipinski definition) is 2. The summed E-state index contributed by atoms with van der Waals surface area (Å²) in [5.41, 5.74) is 0.349. The molecule has 1 heterocycles. The van der Waals surface area contributed by atoms with E-state index in [1.54, 1.807) is 29.5 Å². The van der Waals surface area contributed by atoms with Gasteiger partial charge in [-0.05, 0) is 30.5 Å². The molecule has 2 N–H and O–H groups in total. The molecule has 0 aliphatic carbocycles. The maximum absolute atomic E-state index is 12.3. The average molecular weight is 326 g/mol.